The number of carbonyl (C=O) groups is 1. The summed E-state index contributed by atoms with van der Waals surface area (Å²) in [5, 5.41) is 3.37. The Balaban J connectivity index is 1.45. The maximum absolute atomic E-state index is 11.9. The molecule has 1 N–H and O–H groups in total. The van der Waals surface area contributed by atoms with Crippen molar-refractivity contribution in [2.75, 3.05) is 29.9 Å². The van der Waals surface area contributed by atoms with Crippen molar-refractivity contribution in [2.45, 2.75) is 19.4 Å². The highest BCUT2D eigenvalue weighted by atomic mass is 35.5. The van der Waals surface area contributed by atoms with Crippen LogP contribution in [0.1, 0.15) is 18.4 Å². The molecule has 1 saturated heterocycles. The molecule has 0 spiro atoms. The maximum atomic E-state index is 11.9. The van der Waals surface area contributed by atoms with Crippen molar-refractivity contribution in [1.29, 1.82) is 0 Å². The van der Waals surface area contributed by atoms with Crippen molar-refractivity contribution in [2.24, 2.45) is 0 Å². The molecule has 126 valence electrons. The van der Waals surface area contributed by atoms with Crippen LogP contribution in [-0.4, -0.2) is 30.6 Å². The second-order valence-electron chi connectivity index (χ2n) is 5.73. The van der Waals surface area contributed by atoms with Crippen molar-refractivity contribution in [3.63, 3.8) is 0 Å². The lowest BCUT2D eigenvalue weighted by atomic mass is 10.2. The summed E-state index contributed by atoms with van der Waals surface area (Å²) in [5.74, 6) is 0.299. The fourth-order valence-electron chi connectivity index (χ4n) is 2.67. The lowest BCUT2D eigenvalue weighted by Gasteiger charge is -2.17. The monoisotopic (exact) mass is 345 g/mol. The molecule has 24 heavy (non-hydrogen) atoms. The topological polar surface area (TPSA) is 54.5 Å². The van der Waals surface area contributed by atoms with E-state index in [1.807, 2.05) is 30.3 Å². The molecule has 6 heteroatoms. The van der Waals surface area contributed by atoms with Crippen LogP contribution < -0.4 is 10.2 Å². The third kappa shape index (κ3) is 4.46. The minimum atomic E-state index is -0.233. The zero-order valence-electron chi connectivity index (χ0n) is 13.4. The molecule has 1 aliphatic heterocycles. The van der Waals surface area contributed by atoms with Crippen LogP contribution >= 0.6 is 11.6 Å². The van der Waals surface area contributed by atoms with Crippen molar-refractivity contribution in [1.82, 2.24) is 4.98 Å². The number of amides is 1. The number of ether oxygens (including phenoxy) is 1. The van der Waals surface area contributed by atoms with E-state index in [-0.39, 0.29) is 12.5 Å². The molecule has 1 amide bonds. The van der Waals surface area contributed by atoms with Gasteiger partial charge in [-0.2, -0.15) is 0 Å². The number of nitrogens with one attached hydrogen (secondary N) is 1. The van der Waals surface area contributed by atoms with Crippen molar-refractivity contribution < 1.29 is 9.53 Å². The Bertz CT molecular complexity index is 685. The number of halogens is 1. The fourth-order valence-corrected chi connectivity index (χ4v) is 2.86. The molecule has 0 bridgehead atoms. The Kier molecular flexibility index (Phi) is 5.67. The summed E-state index contributed by atoms with van der Waals surface area (Å²) in [4.78, 5) is 18.5. The Morgan fingerprint density at radius 2 is 2.00 bits per heavy atom. The highest BCUT2D eigenvalue weighted by Crippen LogP contribution is 2.20. The number of pyridine rings is 1. The molecule has 0 unspecified atom stereocenters. The molecule has 5 nitrogen and oxygen atoms in total. The standard InChI is InChI=1S/C18H20ClN3O2/c19-16-6-2-1-5-14(16)12-24-13-18(23)21-17-8-7-15(11-20-17)22-9-3-4-10-22/h1-2,5-8,11H,3-4,9-10,12-13H2,(H,20,21,23). The molecular formula is C18H20ClN3O2. The first-order valence-corrected chi connectivity index (χ1v) is 8.42. The lowest BCUT2D eigenvalue weighted by molar-refractivity contribution is -0.121. The second kappa shape index (κ2) is 8.13. The summed E-state index contributed by atoms with van der Waals surface area (Å²) < 4.78 is 5.41. The van der Waals surface area contributed by atoms with Crippen LogP contribution in [-0.2, 0) is 16.1 Å². The molecule has 2 heterocycles. The average Bonchev–Trinajstić information content (AvgIpc) is 3.12. The van der Waals surface area contributed by atoms with Crippen LogP contribution in [0.5, 0.6) is 0 Å². The Morgan fingerprint density at radius 3 is 2.71 bits per heavy atom. The normalized spacial score (nSPS) is 14.0. The van der Waals surface area contributed by atoms with Crippen LogP contribution in [0.25, 0.3) is 0 Å². The Morgan fingerprint density at radius 1 is 1.21 bits per heavy atom. The quantitative estimate of drug-likeness (QED) is 0.870. The van der Waals surface area contributed by atoms with Gasteiger partial charge in [-0.05, 0) is 36.6 Å². The SMILES string of the molecule is O=C(COCc1ccccc1Cl)Nc1ccc(N2CCCC2)cn1. The molecule has 2 aromatic rings. The van der Waals surface area contributed by atoms with Crippen molar-refractivity contribution in [3.05, 3.63) is 53.2 Å². The summed E-state index contributed by atoms with van der Waals surface area (Å²) in [6.45, 7) is 2.40. The van der Waals surface area contributed by atoms with E-state index in [1.54, 1.807) is 12.3 Å². The number of nitrogens with zero attached hydrogens (tertiary/aromatic N) is 2. The van der Waals surface area contributed by atoms with E-state index in [0.29, 0.717) is 17.4 Å². The van der Waals surface area contributed by atoms with Crippen LogP contribution in [0.3, 0.4) is 0 Å². The number of carbonyl (C=O) groups excluding carboxylic acids is 1. The molecular weight excluding hydrogens is 326 g/mol. The lowest BCUT2D eigenvalue weighted by Crippen LogP contribution is -2.20. The van der Waals surface area contributed by atoms with Crippen LogP contribution in [0.15, 0.2) is 42.6 Å². The highest BCUT2D eigenvalue weighted by molar-refractivity contribution is 6.31. The number of hydrogen-bond donors (Lipinski definition) is 1. The molecule has 3 rings (SSSR count). The van der Waals surface area contributed by atoms with Crippen LogP contribution in [0.2, 0.25) is 5.02 Å². The molecule has 0 saturated carbocycles. The van der Waals surface area contributed by atoms with Crippen molar-refractivity contribution >= 4 is 29.0 Å². The van der Waals surface area contributed by atoms with Gasteiger partial charge in [-0.3, -0.25) is 4.79 Å². The van der Waals surface area contributed by atoms with Gasteiger partial charge in [-0.25, -0.2) is 4.98 Å². The van der Waals surface area contributed by atoms with Crippen LogP contribution in [0, 0.1) is 0 Å². The highest BCUT2D eigenvalue weighted by Gasteiger charge is 2.12. The summed E-state index contributed by atoms with van der Waals surface area (Å²) >= 11 is 6.04. The summed E-state index contributed by atoms with van der Waals surface area (Å²) in [7, 11) is 0. The minimum Gasteiger partial charge on any atom is -0.370 e. The number of benzene rings is 1. The van der Waals surface area contributed by atoms with E-state index in [0.717, 1.165) is 24.3 Å². The third-order valence-corrected chi connectivity index (χ3v) is 4.30. The number of aromatic nitrogens is 1. The van der Waals surface area contributed by atoms with E-state index in [9.17, 15) is 4.79 Å². The van der Waals surface area contributed by atoms with Crippen molar-refractivity contribution in [3.8, 4) is 0 Å². The Labute approximate surface area is 146 Å². The third-order valence-electron chi connectivity index (χ3n) is 3.94. The summed E-state index contributed by atoms with van der Waals surface area (Å²) in [5.41, 5.74) is 1.96. The predicted molar refractivity (Wildman–Crippen MR) is 95.4 cm³/mol. The molecule has 0 aliphatic carbocycles. The van der Waals surface area contributed by atoms with Gasteiger partial charge in [0.1, 0.15) is 12.4 Å². The molecule has 0 radical (unpaired) electrons. The number of anilines is 2. The van der Waals surface area contributed by atoms with Gasteiger partial charge < -0.3 is 15.0 Å². The van der Waals surface area contributed by atoms with Gasteiger partial charge in [0.2, 0.25) is 0 Å². The molecule has 1 aliphatic rings. The molecule has 1 fully saturated rings. The largest absolute Gasteiger partial charge is 0.370 e. The first kappa shape index (κ1) is 16.7. The second-order valence-corrected chi connectivity index (χ2v) is 6.14. The van der Waals surface area contributed by atoms with Gasteiger partial charge in [0.25, 0.3) is 5.91 Å². The number of hydrogen-bond acceptors (Lipinski definition) is 4. The fraction of sp³-hybridized carbons (Fsp3) is 0.333. The number of rotatable bonds is 6. The van der Waals surface area contributed by atoms with Gasteiger partial charge >= 0.3 is 0 Å². The molecule has 1 aromatic carbocycles. The van der Waals surface area contributed by atoms with E-state index in [2.05, 4.69) is 15.2 Å². The van der Waals surface area contributed by atoms with Gasteiger partial charge in [0.05, 0.1) is 18.5 Å². The van der Waals surface area contributed by atoms with Crippen LogP contribution in [0.4, 0.5) is 11.5 Å². The molecule has 1 aromatic heterocycles. The maximum Gasteiger partial charge on any atom is 0.251 e. The first-order chi connectivity index (χ1) is 11.7. The Hall–Kier alpha value is -2.11. The predicted octanol–water partition coefficient (Wildman–Crippen LogP) is 3.49. The van der Waals surface area contributed by atoms with Gasteiger partial charge in [-0.15, -0.1) is 0 Å². The van der Waals surface area contributed by atoms with E-state index in [1.165, 1.54) is 12.8 Å². The first-order valence-electron chi connectivity index (χ1n) is 8.04. The van der Waals surface area contributed by atoms with Gasteiger partial charge in [0.15, 0.2) is 0 Å². The zero-order valence-corrected chi connectivity index (χ0v) is 14.1. The van der Waals surface area contributed by atoms with E-state index < -0.39 is 0 Å². The smallest absolute Gasteiger partial charge is 0.251 e. The van der Waals surface area contributed by atoms with Gasteiger partial charge in [-0.1, -0.05) is 29.8 Å². The average molecular weight is 346 g/mol. The molecule has 0 atom stereocenters. The van der Waals surface area contributed by atoms with E-state index >= 15 is 0 Å². The summed E-state index contributed by atoms with van der Waals surface area (Å²) in [6.07, 6.45) is 4.24. The van der Waals surface area contributed by atoms with E-state index in [4.69, 9.17) is 16.3 Å². The van der Waals surface area contributed by atoms with Gasteiger partial charge in [0, 0.05) is 18.1 Å². The minimum absolute atomic E-state index is 0.0409. The summed E-state index contributed by atoms with van der Waals surface area (Å²) in [6, 6.07) is 11.2. The zero-order chi connectivity index (χ0) is 16.8.